The molecule has 5 heteroatoms. The first kappa shape index (κ1) is 21.3. The van der Waals surface area contributed by atoms with E-state index in [1.165, 1.54) is 38.5 Å². The van der Waals surface area contributed by atoms with Gasteiger partial charge in [-0.3, -0.25) is 9.13 Å². The number of benzene rings is 2. The fourth-order valence-electron chi connectivity index (χ4n) is 5.23. The van der Waals surface area contributed by atoms with Crippen molar-refractivity contribution in [1.29, 1.82) is 0 Å². The lowest BCUT2D eigenvalue weighted by molar-refractivity contribution is 0.325. The molecule has 0 N–H and O–H groups in total. The van der Waals surface area contributed by atoms with Gasteiger partial charge in [0.15, 0.2) is 5.82 Å². The van der Waals surface area contributed by atoms with E-state index in [9.17, 15) is 0 Å². The Balaban J connectivity index is 1.82. The fraction of sp³-hybridized carbons (Fsp3) is 0.444. The molecule has 4 nitrogen and oxygen atoms in total. The van der Waals surface area contributed by atoms with Crippen LogP contribution in [0.25, 0.3) is 17.1 Å². The molecule has 1 heterocycles. The van der Waals surface area contributed by atoms with Gasteiger partial charge in [-0.05, 0) is 50.0 Å². The maximum atomic E-state index is 5.96. The van der Waals surface area contributed by atoms with Crippen LogP contribution in [0.3, 0.4) is 0 Å². The van der Waals surface area contributed by atoms with Crippen LogP contribution in [0.4, 0.5) is 0 Å². The summed E-state index contributed by atoms with van der Waals surface area (Å²) in [4.78, 5) is 10.5. The Labute approximate surface area is 195 Å². The van der Waals surface area contributed by atoms with Gasteiger partial charge in [-0.2, -0.15) is 0 Å². The molecule has 0 spiro atoms. The SMILES string of the molecule is S=c1nc(-c2ccccc2)n(-c2ccccc2)c(=NC2CCCCC2)n1C1CCCCC1. The van der Waals surface area contributed by atoms with Crippen LogP contribution >= 0.6 is 12.2 Å². The highest BCUT2D eigenvalue weighted by molar-refractivity contribution is 7.71. The molecule has 32 heavy (non-hydrogen) atoms. The number of hydrogen-bond donors (Lipinski definition) is 0. The van der Waals surface area contributed by atoms with E-state index in [-0.39, 0.29) is 0 Å². The van der Waals surface area contributed by atoms with Crippen LogP contribution < -0.4 is 5.62 Å². The molecule has 0 unspecified atom stereocenters. The lowest BCUT2D eigenvalue weighted by Crippen LogP contribution is -2.38. The first-order valence-electron chi connectivity index (χ1n) is 12.2. The van der Waals surface area contributed by atoms with E-state index in [2.05, 4.69) is 63.7 Å². The lowest BCUT2D eigenvalue weighted by atomic mass is 9.95. The molecule has 166 valence electrons. The summed E-state index contributed by atoms with van der Waals surface area (Å²) in [5, 5.41) is 0. The van der Waals surface area contributed by atoms with E-state index in [1.807, 2.05) is 6.07 Å². The second-order valence-electron chi connectivity index (χ2n) is 9.14. The van der Waals surface area contributed by atoms with E-state index in [4.69, 9.17) is 22.2 Å². The van der Waals surface area contributed by atoms with Crippen molar-refractivity contribution in [2.45, 2.75) is 76.3 Å². The number of para-hydroxylation sites is 1. The van der Waals surface area contributed by atoms with Crippen molar-refractivity contribution in [1.82, 2.24) is 14.1 Å². The Bertz CT molecular complexity index is 1150. The lowest BCUT2D eigenvalue weighted by Gasteiger charge is -2.28. The molecular weight excluding hydrogens is 412 g/mol. The summed E-state index contributed by atoms with van der Waals surface area (Å²) in [5.74, 6) is 0.878. The van der Waals surface area contributed by atoms with Gasteiger partial charge in [-0.1, -0.05) is 87.1 Å². The van der Waals surface area contributed by atoms with Crippen LogP contribution in [0, 0.1) is 4.77 Å². The van der Waals surface area contributed by atoms with Crippen molar-refractivity contribution in [2.75, 3.05) is 0 Å². The van der Waals surface area contributed by atoms with Crippen molar-refractivity contribution >= 4 is 12.2 Å². The van der Waals surface area contributed by atoms with Crippen LogP contribution in [-0.4, -0.2) is 20.2 Å². The van der Waals surface area contributed by atoms with Gasteiger partial charge in [-0.25, -0.2) is 9.98 Å². The molecule has 0 saturated heterocycles. The number of rotatable bonds is 4. The minimum Gasteiger partial charge on any atom is -0.284 e. The molecular formula is C27H32N4S. The normalized spacial score (nSPS) is 18.7. The van der Waals surface area contributed by atoms with Crippen LogP contribution in [0.15, 0.2) is 65.7 Å². The van der Waals surface area contributed by atoms with E-state index in [0.717, 1.165) is 48.4 Å². The highest BCUT2D eigenvalue weighted by Crippen LogP contribution is 2.29. The summed E-state index contributed by atoms with van der Waals surface area (Å²) in [6, 6.07) is 21.7. The molecule has 0 bridgehead atoms. The van der Waals surface area contributed by atoms with Gasteiger partial charge in [0.2, 0.25) is 10.4 Å². The number of aromatic nitrogens is 3. The third-order valence-electron chi connectivity index (χ3n) is 6.89. The average molecular weight is 445 g/mol. The smallest absolute Gasteiger partial charge is 0.214 e. The minimum absolute atomic E-state index is 0.356. The average Bonchev–Trinajstić information content (AvgIpc) is 2.86. The first-order chi connectivity index (χ1) is 15.8. The second-order valence-corrected chi connectivity index (χ2v) is 9.50. The molecule has 0 atom stereocenters. The summed E-state index contributed by atoms with van der Waals surface area (Å²) >= 11 is 5.96. The summed E-state index contributed by atoms with van der Waals surface area (Å²) in [5.41, 5.74) is 3.14. The zero-order chi connectivity index (χ0) is 21.8. The Kier molecular flexibility index (Phi) is 6.63. The quantitative estimate of drug-likeness (QED) is 0.414. The predicted molar refractivity (Wildman–Crippen MR) is 132 cm³/mol. The van der Waals surface area contributed by atoms with E-state index in [1.54, 1.807) is 0 Å². The molecule has 1 aromatic heterocycles. The van der Waals surface area contributed by atoms with E-state index in [0.29, 0.717) is 16.9 Å². The largest absolute Gasteiger partial charge is 0.284 e. The molecule has 2 fully saturated rings. The van der Waals surface area contributed by atoms with Gasteiger partial charge in [0.05, 0.1) is 11.7 Å². The maximum absolute atomic E-state index is 5.96. The van der Waals surface area contributed by atoms with Gasteiger partial charge in [-0.15, -0.1) is 0 Å². The van der Waals surface area contributed by atoms with Gasteiger partial charge in [0.25, 0.3) is 0 Å². The van der Waals surface area contributed by atoms with E-state index < -0.39 is 0 Å². The molecule has 2 aliphatic carbocycles. The molecule has 3 aromatic rings. The Morgan fingerprint density at radius 3 is 2.00 bits per heavy atom. The Morgan fingerprint density at radius 2 is 1.34 bits per heavy atom. The van der Waals surface area contributed by atoms with Gasteiger partial charge < -0.3 is 0 Å². The highest BCUT2D eigenvalue weighted by Gasteiger charge is 2.22. The van der Waals surface area contributed by atoms with Gasteiger partial charge in [0, 0.05) is 11.6 Å². The standard InChI is InChI=1S/C27H32N4S/c32-27-29-25(21-13-5-1-6-14-21)30(23-17-9-3-10-18-23)26(28-22-15-7-2-8-16-22)31(27)24-19-11-4-12-20-24/h1,3,5-6,9-10,13-14,17-18,22,24H,2,4,7-8,11-12,15-16,19-20H2. The molecule has 0 radical (unpaired) electrons. The third kappa shape index (κ3) is 4.49. The van der Waals surface area contributed by atoms with Crippen LogP contribution in [0.2, 0.25) is 0 Å². The summed E-state index contributed by atoms with van der Waals surface area (Å²) in [6.45, 7) is 0. The van der Waals surface area contributed by atoms with Crippen molar-refractivity contribution < 1.29 is 0 Å². The van der Waals surface area contributed by atoms with Crippen LogP contribution in [0.1, 0.15) is 70.3 Å². The van der Waals surface area contributed by atoms with E-state index >= 15 is 0 Å². The molecule has 2 aliphatic rings. The Hall–Kier alpha value is -2.53. The molecule has 0 amide bonds. The number of hydrogen-bond acceptors (Lipinski definition) is 3. The number of nitrogens with zero attached hydrogens (tertiary/aromatic N) is 4. The highest BCUT2D eigenvalue weighted by atomic mass is 32.1. The molecule has 0 aliphatic heterocycles. The van der Waals surface area contributed by atoms with Crippen molar-refractivity contribution in [3.05, 3.63) is 71.1 Å². The first-order valence-corrected chi connectivity index (χ1v) is 12.6. The van der Waals surface area contributed by atoms with Crippen molar-refractivity contribution in [2.24, 2.45) is 4.99 Å². The van der Waals surface area contributed by atoms with Crippen LogP contribution in [0.5, 0.6) is 0 Å². The minimum atomic E-state index is 0.356. The predicted octanol–water partition coefficient (Wildman–Crippen LogP) is 6.81. The second kappa shape index (κ2) is 9.95. The third-order valence-corrected chi connectivity index (χ3v) is 7.18. The maximum Gasteiger partial charge on any atom is 0.214 e. The molecule has 2 saturated carbocycles. The summed E-state index contributed by atoms with van der Waals surface area (Å²) in [7, 11) is 0. The van der Waals surface area contributed by atoms with Crippen molar-refractivity contribution in [3.8, 4) is 17.1 Å². The molecule has 5 rings (SSSR count). The monoisotopic (exact) mass is 444 g/mol. The van der Waals surface area contributed by atoms with Gasteiger partial charge in [0.1, 0.15) is 0 Å². The molecule has 2 aromatic carbocycles. The topological polar surface area (TPSA) is 35.1 Å². The summed E-state index contributed by atoms with van der Waals surface area (Å²) < 4.78 is 5.22. The van der Waals surface area contributed by atoms with Crippen molar-refractivity contribution in [3.63, 3.8) is 0 Å². The summed E-state index contributed by atoms with van der Waals surface area (Å²) in [6.07, 6.45) is 12.3. The Morgan fingerprint density at radius 1 is 0.750 bits per heavy atom. The van der Waals surface area contributed by atoms with Gasteiger partial charge >= 0.3 is 0 Å². The zero-order valence-corrected chi connectivity index (χ0v) is 19.5. The zero-order valence-electron chi connectivity index (χ0n) is 18.7. The fourth-order valence-corrected chi connectivity index (χ4v) is 5.55. The van der Waals surface area contributed by atoms with Crippen LogP contribution in [-0.2, 0) is 0 Å².